The normalized spacial score (nSPS) is 19.5. The highest BCUT2D eigenvalue weighted by Crippen LogP contribution is 2.32. The SMILES string of the molecule is C#CCN(C(=O)NC)N1CC(=O)N2[C@@H](Cc3ccc(O)cc3)C(=O)N(Cc3cccc4sc(N)nc34)C[C@@H]21. The van der Waals surface area contributed by atoms with Crippen LogP contribution in [0, 0.1) is 12.3 Å². The first-order chi connectivity index (χ1) is 18.3. The molecule has 1 aromatic heterocycles. The number of nitrogens with two attached hydrogens (primary N) is 1. The van der Waals surface area contributed by atoms with Gasteiger partial charge in [-0.25, -0.2) is 14.8 Å². The van der Waals surface area contributed by atoms with Crippen molar-refractivity contribution < 1.29 is 19.5 Å². The first kappa shape index (κ1) is 25.3. The molecule has 2 atom stereocenters. The van der Waals surface area contributed by atoms with E-state index >= 15 is 0 Å². The van der Waals surface area contributed by atoms with E-state index < -0.39 is 18.2 Å². The molecular formula is C26H27N7O4S. The molecule has 11 nitrogen and oxygen atoms in total. The van der Waals surface area contributed by atoms with Gasteiger partial charge in [0.25, 0.3) is 0 Å². The first-order valence-corrected chi connectivity index (χ1v) is 12.8. The number of amides is 4. The minimum absolute atomic E-state index is 0.0364. The number of hydrogen-bond donors (Lipinski definition) is 3. The van der Waals surface area contributed by atoms with Crippen molar-refractivity contribution in [3.8, 4) is 18.1 Å². The molecule has 2 aromatic carbocycles. The van der Waals surface area contributed by atoms with Gasteiger partial charge in [-0.1, -0.05) is 41.5 Å². The molecule has 0 aliphatic carbocycles. The van der Waals surface area contributed by atoms with Crippen molar-refractivity contribution in [1.82, 2.24) is 30.1 Å². The van der Waals surface area contributed by atoms with Crippen molar-refractivity contribution in [2.24, 2.45) is 0 Å². The number of nitrogens with zero attached hydrogens (tertiary/aromatic N) is 5. The number of carbonyl (C=O) groups excluding carboxylic acids is 3. The number of phenolic OH excluding ortho intramolecular Hbond substituents is 1. The van der Waals surface area contributed by atoms with Crippen molar-refractivity contribution in [2.75, 3.05) is 32.4 Å². The fourth-order valence-corrected chi connectivity index (χ4v) is 5.88. The molecule has 0 saturated carbocycles. The molecule has 196 valence electrons. The van der Waals surface area contributed by atoms with Gasteiger partial charge in [-0.15, -0.1) is 6.42 Å². The van der Waals surface area contributed by atoms with E-state index in [2.05, 4.69) is 16.2 Å². The molecule has 5 rings (SSSR count). The van der Waals surface area contributed by atoms with Crippen LogP contribution in [-0.4, -0.2) is 86.6 Å². The molecule has 0 radical (unpaired) electrons. The van der Waals surface area contributed by atoms with Crippen LogP contribution in [0.3, 0.4) is 0 Å². The minimum atomic E-state index is -0.812. The first-order valence-electron chi connectivity index (χ1n) is 12.0. The average Bonchev–Trinajstić information content (AvgIpc) is 3.45. The number of nitrogens with one attached hydrogen (secondary N) is 1. The molecular weight excluding hydrogens is 506 g/mol. The van der Waals surface area contributed by atoms with Crippen molar-refractivity contribution >= 4 is 44.5 Å². The summed E-state index contributed by atoms with van der Waals surface area (Å²) in [6.07, 6.45) is 5.18. The Bertz CT molecular complexity index is 1430. The number of carbonyl (C=O) groups is 3. The standard InChI is InChI=1S/C26H27N7O4S/c1-3-11-31(26(37)28-2)32-15-22(35)33-19(12-16-7-9-18(34)10-8-16)24(36)30(14-21(32)33)13-17-5-4-6-20-23(17)29-25(27)38-20/h1,4-10,19,21,34H,11-15H2,2H3,(H2,27,29)(H,28,37)/t19-,21+/m0/s1. The number of fused-ring (bicyclic) bond motifs is 2. The number of hydrazine groups is 1. The number of nitrogen functional groups attached to an aromatic ring is 1. The van der Waals surface area contributed by atoms with E-state index in [-0.39, 0.29) is 50.2 Å². The lowest BCUT2D eigenvalue weighted by Crippen LogP contribution is -2.66. The van der Waals surface area contributed by atoms with Crippen molar-refractivity contribution in [3.05, 3.63) is 53.6 Å². The maximum Gasteiger partial charge on any atom is 0.332 e. The predicted octanol–water partition coefficient (Wildman–Crippen LogP) is 1.20. The van der Waals surface area contributed by atoms with Gasteiger partial charge in [0, 0.05) is 20.0 Å². The highest BCUT2D eigenvalue weighted by molar-refractivity contribution is 7.22. The lowest BCUT2D eigenvalue weighted by atomic mass is 9.99. The molecule has 4 amide bonds. The third-order valence-electron chi connectivity index (χ3n) is 6.81. The topological polar surface area (TPSA) is 135 Å². The molecule has 0 spiro atoms. The smallest absolute Gasteiger partial charge is 0.332 e. The molecule has 38 heavy (non-hydrogen) atoms. The minimum Gasteiger partial charge on any atom is -0.508 e. The van der Waals surface area contributed by atoms with Crippen LogP contribution in [0.1, 0.15) is 11.1 Å². The number of rotatable bonds is 6. The zero-order valence-corrected chi connectivity index (χ0v) is 21.5. The third kappa shape index (κ3) is 4.57. The fourth-order valence-electron chi connectivity index (χ4n) is 5.10. The van der Waals surface area contributed by atoms with Crippen LogP contribution in [0.5, 0.6) is 5.75 Å². The number of benzene rings is 2. The molecule has 4 N–H and O–H groups in total. The van der Waals surface area contributed by atoms with Crippen LogP contribution in [0.25, 0.3) is 10.2 Å². The number of thiazole rings is 1. The Morgan fingerprint density at radius 3 is 2.76 bits per heavy atom. The summed E-state index contributed by atoms with van der Waals surface area (Å²) in [5, 5.41) is 15.7. The second-order valence-electron chi connectivity index (χ2n) is 9.12. The Hall–Kier alpha value is -4.34. The van der Waals surface area contributed by atoms with Gasteiger partial charge in [0.1, 0.15) is 18.0 Å². The van der Waals surface area contributed by atoms with Crippen LogP contribution in [0.2, 0.25) is 0 Å². The van der Waals surface area contributed by atoms with E-state index in [0.29, 0.717) is 5.13 Å². The van der Waals surface area contributed by atoms with Gasteiger partial charge in [0.15, 0.2) is 5.13 Å². The summed E-state index contributed by atoms with van der Waals surface area (Å²) < 4.78 is 0.921. The monoisotopic (exact) mass is 533 g/mol. The van der Waals surface area contributed by atoms with Gasteiger partial charge < -0.3 is 26.0 Å². The Balaban J connectivity index is 1.52. The summed E-state index contributed by atoms with van der Waals surface area (Å²) in [6, 6.07) is 11.0. The van der Waals surface area contributed by atoms with E-state index in [4.69, 9.17) is 12.2 Å². The number of hydrogen-bond acceptors (Lipinski definition) is 8. The van der Waals surface area contributed by atoms with Crippen LogP contribution in [-0.2, 0) is 22.6 Å². The summed E-state index contributed by atoms with van der Waals surface area (Å²) >= 11 is 1.38. The van der Waals surface area contributed by atoms with Gasteiger partial charge in [-0.3, -0.25) is 9.59 Å². The number of urea groups is 1. The van der Waals surface area contributed by atoms with Crippen LogP contribution < -0.4 is 11.1 Å². The maximum atomic E-state index is 13.9. The number of aromatic hydroxyl groups is 1. The molecule has 12 heteroatoms. The number of aromatic nitrogens is 1. The van der Waals surface area contributed by atoms with E-state index in [0.717, 1.165) is 21.3 Å². The van der Waals surface area contributed by atoms with Crippen LogP contribution in [0.15, 0.2) is 42.5 Å². The van der Waals surface area contributed by atoms with Crippen molar-refractivity contribution in [2.45, 2.75) is 25.2 Å². The highest BCUT2D eigenvalue weighted by atomic mass is 32.1. The lowest BCUT2D eigenvalue weighted by molar-refractivity contribution is -0.157. The van der Waals surface area contributed by atoms with Gasteiger partial charge in [0.05, 0.1) is 29.9 Å². The molecule has 0 unspecified atom stereocenters. The maximum absolute atomic E-state index is 13.9. The molecule has 2 aliphatic heterocycles. The molecule has 2 fully saturated rings. The number of terminal acetylenes is 1. The van der Waals surface area contributed by atoms with E-state index in [1.165, 1.54) is 23.4 Å². The summed E-state index contributed by atoms with van der Waals surface area (Å²) in [5.41, 5.74) is 8.30. The summed E-state index contributed by atoms with van der Waals surface area (Å²) in [7, 11) is 1.49. The third-order valence-corrected chi connectivity index (χ3v) is 7.66. The zero-order chi connectivity index (χ0) is 27.0. The molecule has 3 heterocycles. The molecule has 3 aromatic rings. The molecule has 2 saturated heterocycles. The Kier molecular flexibility index (Phi) is 6.79. The molecule has 0 bridgehead atoms. The van der Waals surface area contributed by atoms with Gasteiger partial charge in [-0.05, 0) is 29.3 Å². The fraction of sp³-hybridized carbons (Fsp3) is 0.308. The quantitative estimate of drug-likeness (QED) is 0.405. The summed E-state index contributed by atoms with van der Waals surface area (Å²) in [6.45, 7) is 0.300. The second-order valence-corrected chi connectivity index (χ2v) is 10.2. The Morgan fingerprint density at radius 2 is 2.05 bits per heavy atom. The Labute approximate surface area is 223 Å². The van der Waals surface area contributed by atoms with Crippen LogP contribution >= 0.6 is 11.3 Å². The number of anilines is 1. The van der Waals surface area contributed by atoms with Gasteiger partial charge >= 0.3 is 6.03 Å². The van der Waals surface area contributed by atoms with Crippen LogP contribution in [0.4, 0.5) is 9.93 Å². The van der Waals surface area contributed by atoms with Crippen molar-refractivity contribution in [3.63, 3.8) is 0 Å². The van der Waals surface area contributed by atoms with E-state index in [1.54, 1.807) is 39.1 Å². The predicted molar refractivity (Wildman–Crippen MR) is 142 cm³/mol. The Morgan fingerprint density at radius 1 is 1.29 bits per heavy atom. The summed E-state index contributed by atoms with van der Waals surface area (Å²) in [5.74, 6) is 2.10. The highest BCUT2D eigenvalue weighted by Gasteiger charge is 2.52. The number of piperazine rings is 1. The van der Waals surface area contributed by atoms with E-state index in [9.17, 15) is 19.5 Å². The second kappa shape index (κ2) is 10.2. The number of para-hydroxylation sites is 1. The lowest BCUT2D eigenvalue weighted by Gasteiger charge is -2.46. The average molecular weight is 534 g/mol. The van der Waals surface area contributed by atoms with Gasteiger partial charge in [-0.2, -0.15) is 5.01 Å². The molecule has 2 aliphatic rings. The van der Waals surface area contributed by atoms with Crippen molar-refractivity contribution in [1.29, 1.82) is 0 Å². The number of phenols is 1. The van der Waals surface area contributed by atoms with Gasteiger partial charge in [0.2, 0.25) is 11.8 Å². The zero-order valence-electron chi connectivity index (χ0n) is 20.7. The largest absolute Gasteiger partial charge is 0.508 e. The van der Waals surface area contributed by atoms with E-state index in [1.807, 2.05) is 18.2 Å². The summed E-state index contributed by atoms with van der Waals surface area (Å²) in [4.78, 5) is 47.6.